The van der Waals surface area contributed by atoms with Crippen LogP contribution in [0.15, 0.2) is 29.4 Å². The zero-order valence-corrected chi connectivity index (χ0v) is 9.74. The first-order chi connectivity index (χ1) is 8.84. The Morgan fingerprint density at radius 3 is 2.68 bits per heavy atom. The molecule has 0 heterocycles. The van der Waals surface area contributed by atoms with Crippen LogP contribution >= 0.6 is 0 Å². The van der Waals surface area contributed by atoms with Crippen LogP contribution in [0.2, 0.25) is 0 Å². The number of oxime groups is 1. The lowest BCUT2D eigenvalue weighted by Gasteiger charge is -2.09. The Morgan fingerprint density at radius 2 is 2.11 bits per heavy atom. The third-order valence-corrected chi connectivity index (χ3v) is 2.25. The Kier molecular flexibility index (Phi) is 4.74. The molecule has 0 aliphatic rings. The normalized spacial score (nSPS) is 12.3. The number of hydrogen-bond acceptors (Lipinski definition) is 3. The molecule has 0 fully saturated rings. The first-order valence-electron chi connectivity index (χ1n) is 5.26. The molecule has 0 spiro atoms. The van der Waals surface area contributed by atoms with Gasteiger partial charge in [-0.2, -0.15) is 13.2 Å². The molecule has 8 heteroatoms. The van der Waals surface area contributed by atoms with Crippen LogP contribution in [-0.4, -0.2) is 23.5 Å². The molecule has 4 N–H and O–H groups in total. The molecule has 0 aliphatic heterocycles. The van der Waals surface area contributed by atoms with Gasteiger partial charge in [0.1, 0.15) is 5.84 Å². The number of benzene rings is 1. The molecule has 0 saturated heterocycles. The van der Waals surface area contributed by atoms with Crippen molar-refractivity contribution in [3.8, 4) is 0 Å². The average molecular weight is 275 g/mol. The van der Waals surface area contributed by atoms with Crippen molar-refractivity contribution in [1.29, 1.82) is 0 Å². The number of nitrogens with two attached hydrogens (primary N) is 1. The van der Waals surface area contributed by atoms with E-state index >= 15 is 0 Å². The zero-order valence-electron chi connectivity index (χ0n) is 9.74. The Morgan fingerprint density at radius 1 is 1.42 bits per heavy atom. The standard InChI is InChI=1S/C11H12F3N3O2/c12-11(13,14)8-3-1-2-7(6-8)10(18)16-5-4-9(15)17-19/h1-3,6,19H,4-5H2,(H2,15,17)(H,16,18). The monoisotopic (exact) mass is 275 g/mol. The van der Waals surface area contributed by atoms with E-state index in [1.54, 1.807) is 0 Å². The van der Waals surface area contributed by atoms with Gasteiger partial charge in [0.25, 0.3) is 5.91 Å². The number of amidine groups is 1. The van der Waals surface area contributed by atoms with Crippen LogP contribution in [0, 0.1) is 0 Å². The summed E-state index contributed by atoms with van der Waals surface area (Å²) in [5.41, 5.74) is 4.18. The second kappa shape index (κ2) is 6.07. The van der Waals surface area contributed by atoms with Crippen molar-refractivity contribution in [2.45, 2.75) is 12.6 Å². The molecule has 0 aromatic heterocycles. The molecular weight excluding hydrogens is 263 g/mol. The third kappa shape index (κ3) is 4.49. The van der Waals surface area contributed by atoms with E-state index < -0.39 is 17.6 Å². The Balaban J connectivity index is 2.68. The largest absolute Gasteiger partial charge is 0.416 e. The van der Waals surface area contributed by atoms with Gasteiger partial charge in [0.05, 0.1) is 5.56 Å². The van der Waals surface area contributed by atoms with Gasteiger partial charge in [0, 0.05) is 18.5 Å². The van der Waals surface area contributed by atoms with Crippen molar-refractivity contribution in [2.75, 3.05) is 6.54 Å². The van der Waals surface area contributed by atoms with Crippen molar-refractivity contribution in [3.63, 3.8) is 0 Å². The number of amides is 1. The van der Waals surface area contributed by atoms with Gasteiger partial charge >= 0.3 is 6.18 Å². The highest BCUT2D eigenvalue weighted by Crippen LogP contribution is 2.29. The summed E-state index contributed by atoms with van der Waals surface area (Å²) in [6.07, 6.45) is -4.40. The molecule has 0 radical (unpaired) electrons. The molecule has 1 rings (SSSR count). The summed E-state index contributed by atoms with van der Waals surface area (Å²) in [7, 11) is 0. The number of carbonyl (C=O) groups excluding carboxylic acids is 1. The lowest BCUT2D eigenvalue weighted by molar-refractivity contribution is -0.137. The van der Waals surface area contributed by atoms with Gasteiger partial charge in [-0.05, 0) is 18.2 Å². The number of halogens is 3. The molecule has 0 bridgehead atoms. The molecule has 0 saturated carbocycles. The number of hydrogen-bond donors (Lipinski definition) is 3. The molecule has 5 nitrogen and oxygen atoms in total. The fourth-order valence-electron chi connectivity index (χ4n) is 1.29. The van der Waals surface area contributed by atoms with Gasteiger partial charge in [-0.25, -0.2) is 0 Å². The summed E-state index contributed by atoms with van der Waals surface area (Å²) in [6, 6.07) is 4.07. The first-order valence-corrected chi connectivity index (χ1v) is 5.26. The van der Waals surface area contributed by atoms with E-state index in [1.165, 1.54) is 6.07 Å². The van der Waals surface area contributed by atoms with Crippen molar-refractivity contribution < 1.29 is 23.2 Å². The molecular formula is C11H12F3N3O2. The van der Waals surface area contributed by atoms with Crippen molar-refractivity contribution >= 4 is 11.7 Å². The van der Waals surface area contributed by atoms with Crippen LogP contribution in [0.25, 0.3) is 0 Å². The van der Waals surface area contributed by atoms with Gasteiger partial charge in [-0.1, -0.05) is 11.2 Å². The second-order valence-corrected chi connectivity index (χ2v) is 3.68. The SMILES string of the molecule is NC(CCNC(=O)c1cccc(C(F)(F)F)c1)=NO. The lowest BCUT2D eigenvalue weighted by atomic mass is 10.1. The van der Waals surface area contributed by atoms with E-state index in [4.69, 9.17) is 10.9 Å². The zero-order chi connectivity index (χ0) is 14.5. The van der Waals surface area contributed by atoms with Gasteiger partial charge in [0.2, 0.25) is 0 Å². The number of carbonyl (C=O) groups is 1. The molecule has 0 unspecified atom stereocenters. The van der Waals surface area contributed by atoms with Crippen LogP contribution in [0.5, 0.6) is 0 Å². The quantitative estimate of drug-likeness (QED) is 0.337. The van der Waals surface area contributed by atoms with Crippen LogP contribution < -0.4 is 11.1 Å². The van der Waals surface area contributed by atoms with Gasteiger partial charge in [-0.3, -0.25) is 4.79 Å². The highest BCUT2D eigenvalue weighted by molar-refractivity contribution is 5.94. The third-order valence-electron chi connectivity index (χ3n) is 2.25. The fraction of sp³-hybridized carbons (Fsp3) is 0.273. The molecule has 0 aliphatic carbocycles. The second-order valence-electron chi connectivity index (χ2n) is 3.68. The predicted molar refractivity (Wildman–Crippen MR) is 61.8 cm³/mol. The minimum Gasteiger partial charge on any atom is -0.409 e. The summed E-state index contributed by atoms with van der Waals surface area (Å²) in [6.45, 7) is 0.0605. The first kappa shape index (κ1) is 14.8. The van der Waals surface area contributed by atoms with Crippen molar-refractivity contribution in [3.05, 3.63) is 35.4 Å². The summed E-state index contributed by atoms with van der Waals surface area (Å²) < 4.78 is 37.3. The smallest absolute Gasteiger partial charge is 0.409 e. The fourth-order valence-corrected chi connectivity index (χ4v) is 1.29. The van der Waals surface area contributed by atoms with Crippen LogP contribution in [-0.2, 0) is 6.18 Å². The van der Waals surface area contributed by atoms with Crippen molar-refractivity contribution in [1.82, 2.24) is 5.32 Å². The number of rotatable bonds is 4. The van der Waals surface area contributed by atoms with Gasteiger partial charge < -0.3 is 16.3 Å². The van der Waals surface area contributed by atoms with Gasteiger partial charge in [-0.15, -0.1) is 0 Å². The van der Waals surface area contributed by atoms with E-state index in [0.717, 1.165) is 18.2 Å². The summed E-state index contributed by atoms with van der Waals surface area (Å²) >= 11 is 0. The van der Waals surface area contributed by atoms with Crippen LogP contribution in [0.4, 0.5) is 13.2 Å². The molecule has 19 heavy (non-hydrogen) atoms. The number of alkyl halides is 3. The molecule has 0 atom stereocenters. The maximum atomic E-state index is 12.4. The maximum Gasteiger partial charge on any atom is 0.416 e. The van der Waals surface area contributed by atoms with E-state index in [1.807, 2.05) is 0 Å². The summed E-state index contributed by atoms with van der Waals surface area (Å²) in [5, 5.41) is 13.3. The summed E-state index contributed by atoms with van der Waals surface area (Å²) in [5.74, 6) is -0.735. The van der Waals surface area contributed by atoms with Crippen LogP contribution in [0.1, 0.15) is 22.3 Å². The number of nitrogens with zero attached hydrogens (tertiary/aromatic N) is 1. The highest BCUT2D eigenvalue weighted by Gasteiger charge is 2.30. The molecule has 1 amide bonds. The minimum absolute atomic E-state index is 0.0605. The minimum atomic E-state index is -4.50. The van der Waals surface area contributed by atoms with Crippen LogP contribution in [0.3, 0.4) is 0 Å². The van der Waals surface area contributed by atoms with E-state index in [2.05, 4.69) is 10.5 Å². The summed E-state index contributed by atoms with van der Waals surface area (Å²) in [4.78, 5) is 11.6. The maximum absolute atomic E-state index is 12.4. The Bertz CT molecular complexity index is 486. The van der Waals surface area contributed by atoms with E-state index in [-0.39, 0.29) is 24.4 Å². The molecule has 1 aromatic rings. The molecule has 1 aromatic carbocycles. The number of nitrogens with one attached hydrogen (secondary N) is 1. The Labute approximate surface area is 106 Å². The molecule has 104 valence electrons. The van der Waals surface area contributed by atoms with Gasteiger partial charge in [0.15, 0.2) is 0 Å². The Hall–Kier alpha value is -2.25. The highest BCUT2D eigenvalue weighted by atomic mass is 19.4. The lowest BCUT2D eigenvalue weighted by Crippen LogP contribution is -2.28. The topological polar surface area (TPSA) is 87.7 Å². The van der Waals surface area contributed by atoms with Crippen molar-refractivity contribution in [2.24, 2.45) is 10.9 Å². The predicted octanol–water partition coefficient (Wildman–Crippen LogP) is 1.57. The average Bonchev–Trinajstić information content (AvgIpc) is 2.37. The van der Waals surface area contributed by atoms with E-state index in [9.17, 15) is 18.0 Å². The van der Waals surface area contributed by atoms with E-state index in [0.29, 0.717) is 0 Å².